The summed E-state index contributed by atoms with van der Waals surface area (Å²) >= 11 is 1.48. The molecule has 0 bridgehead atoms. The fraction of sp³-hybridized carbons (Fsp3) is 0.600. The largest absolute Gasteiger partial charge is 0.370 e. The molecule has 1 fully saturated rings. The SMILES string of the molecule is CC(Sc1nnc(C2CC2)n1CCC(N)=O)c1nc(N)nc(N(C)C)n1. The number of nitrogens with zero attached hydrogens (tertiary/aromatic N) is 7. The van der Waals surface area contributed by atoms with E-state index in [0.29, 0.717) is 24.2 Å². The lowest BCUT2D eigenvalue weighted by Gasteiger charge is -2.15. The maximum absolute atomic E-state index is 11.2. The lowest BCUT2D eigenvalue weighted by atomic mass is 10.3. The molecule has 1 atom stereocenters. The van der Waals surface area contributed by atoms with E-state index in [9.17, 15) is 4.79 Å². The van der Waals surface area contributed by atoms with Crippen LogP contribution in [-0.4, -0.2) is 49.7 Å². The van der Waals surface area contributed by atoms with Gasteiger partial charge in [-0.1, -0.05) is 11.8 Å². The maximum atomic E-state index is 11.2. The van der Waals surface area contributed by atoms with Gasteiger partial charge in [-0.3, -0.25) is 4.79 Å². The highest BCUT2D eigenvalue weighted by Gasteiger charge is 2.31. The molecule has 1 amide bonds. The van der Waals surface area contributed by atoms with Crippen molar-refractivity contribution in [3.05, 3.63) is 11.6 Å². The molecule has 0 spiro atoms. The van der Waals surface area contributed by atoms with Crippen LogP contribution in [-0.2, 0) is 11.3 Å². The number of aromatic nitrogens is 6. The Bertz CT molecular complexity index is 802. The molecule has 1 aliphatic carbocycles. The van der Waals surface area contributed by atoms with E-state index in [1.807, 2.05) is 25.6 Å². The molecule has 1 saturated carbocycles. The number of hydrogen-bond acceptors (Lipinski definition) is 9. The molecular weight excluding hydrogens is 354 g/mol. The van der Waals surface area contributed by atoms with Gasteiger partial charge in [0.1, 0.15) is 11.6 Å². The Labute approximate surface area is 155 Å². The number of thioether (sulfide) groups is 1. The Kier molecular flexibility index (Phi) is 5.25. The summed E-state index contributed by atoms with van der Waals surface area (Å²) in [5.41, 5.74) is 11.1. The molecule has 11 heteroatoms. The molecule has 3 rings (SSSR count). The first-order chi connectivity index (χ1) is 12.3. The minimum atomic E-state index is -0.342. The van der Waals surface area contributed by atoms with Crippen molar-refractivity contribution < 1.29 is 4.79 Å². The number of amides is 1. The van der Waals surface area contributed by atoms with Crippen molar-refractivity contribution in [3.8, 4) is 0 Å². The molecule has 26 heavy (non-hydrogen) atoms. The van der Waals surface area contributed by atoms with E-state index in [0.717, 1.165) is 23.8 Å². The second kappa shape index (κ2) is 7.44. The first kappa shape index (κ1) is 18.4. The molecular formula is C15H23N9OS. The Morgan fingerprint density at radius 2 is 2.04 bits per heavy atom. The second-order valence-electron chi connectivity index (χ2n) is 6.49. The summed E-state index contributed by atoms with van der Waals surface area (Å²) in [6.45, 7) is 2.45. The molecule has 4 N–H and O–H groups in total. The number of rotatable bonds is 8. The van der Waals surface area contributed by atoms with E-state index in [1.54, 1.807) is 4.90 Å². The van der Waals surface area contributed by atoms with Crippen LogP contribution in [0.2, 0.25) is 0 Å². The summed E-state index contributed by atoms with van der Waals surface area (Å²) in [6, 6.07) is 0. The molecule has 10 nitrogen and oxygen atoms in total. The first-order valence-corrected chi connectivity index (χ1v) is 9.30. The van der Waals surface area contributed by atoms with E-state index >= 15 is 0 Å². The molecule has 0 aromatic carbocycles. The average molecular weight is 377 g/mol. The highest BCUT2D eigenvalue weighted by Crippen LogP contribution is 2.41. The van der Waals surface area contributed by atoms with Crippen LogP contribution < -0.4 is 16.4 Å². The zero-order valence-electron chi connectivity index (χ0n) is 15.1. The van der Waals surface area contributed by atoms with Crippen LogP contribution in [0.4, 0.5) is 11.9 Å². The van der Waals surface area contributed by atoms with Gasteiger partial charge in [0.25, 0.3) is 0 Å². The predicted molar refractivity (Wildman–Crippen MR) is 98.6 cm³/mol. The van der Waals surface area contributed by atoms with Crippen LogP contribution in [0.5, 0.6) is 0 Å². The van der Waals surface area contributed by atoms with Gasteiger partial charge in [0.15, 0.2) is 5.16 Å². The van der Waals surface area contributed by atoms with Crippen molar-refractivity contribution in [2.24, 2.45) is 5.73 Å². The fourth-order valence-electron chi connectivity index (χ4n) is 2.45. The number of hydrogen-bond donors (Lipinski definition) is 2. The lowest BCUT2D eigenvalue weighted by Crippen LogP contribution is -2.17. The summed E-state index contributed by atoms with van der Waals surface area (Å²) in [7, 11) is 3.69. The summed E-state index contributed by atoms with van der Waals surface area (Å²) < 4.78 is 1.99. The minimum Gasteiger partial charge on any atom is -0.370 e. The van der Waals surface area contributed by atoms with Crippen molar-refractivity contribution in [2.45, 2.75) is 49.1 Å². The quantitative estimate of drug-likeness (QED) is 0.636. The highest BCUT2D eigenvalue weighted by molar-refractivity contribution is 7.99. The predicted octanol–water partition coefficient (Wildman–Crippen LogP) is 0.717. The van der Waals surface area contributed by atoms with Gasteiger partial charge in [0.2, 0.25) is 17.8 Å². The van der Waals surface area contributed by atoms with Crippen molar-refractivity contribution in [1.82, 2.24) is 29.7 Å². The molecule has 0 aliphatic heterocycles. The standard InChI is InChI=1S/C15H23N9OS/c1-8(11-18-13(17)20-14(19-11)23(2)3)26-15-22-21-12(9-4-5-9)24(15)7-6-10(16)25/h8-9H,4-7H2,1-3H3,(H2,16,25)(H2,17,18,19,20). The van der Waals surface area contributed by atoms with Crippen LogP contribution in [0.15, 0.2) is 5.16 Å². The monoisotopic (exact) mass is 377 g/mol. The summed E-state index contributed by atoms with van der Waals surface area (Å²) in [5, 5.41) is 9.25. The molecule has 0 radical (unpaired) electrons. The van der Waals surface area contributed by atoms with Crippen LogP contribution in [0.25, 0.3) is 0 Å². The van der Waals surface area contributed by atoms with Crippen molar-refractivity contribution in [3.63, 3.8) is 0 Å². The first-order valence-electron chi connectivity index (χ1n) is 8.42. The van der Waals surface area contributed by atoms with E-state index in [1.165, 1.54) is 11.8 Å². The van der Waals surface area contributed by atoms with Crippen LogP contribution >= 0.6 is 11.8 Å². The van der Waals surface area contributed by atoms with Gasteiger partial charge in [-0.05, 0) is 19.8 Å². The van der Waals surface area contributed by atoms with Gasteiger partial charge in [0, 0.05) is 33.0 Å². The van der Waals surface area contributed by atoms with E-state index in [2.05, 4.69) is 25.1 Å². The number of primary amides is 1. The fourth-order valence-corrected chi connectivity index (χ4v) is 3.38. The molecule has 2 heterocycles. The van der Waals surface area contributed by atoms with Gasteiger partial charge in [-0.25, -0.2) is 0 Å². The van der Waals surface area contributed by atoms with E-state index < -0.39 is 0 Å². The number of nitrogen functional groups attached to an aromatic ring is 1. The number of anilines is 2. The van der Waals surface area contributed by atoms with Crippen molar-refractivity contribution in [1.29, 1.82) is 0 Å². The van der Waals surface area contributed by atoms with E-state index in [-0.39, 0.29) is 23.5 Å². The molecule has 1 unspecified atom stereocenters. The Hall–Kier alpha value is -2.43. The van der Waals surface area contributed by atoms with Gasteiger partial charge in [0.05, 0.1) is 5.25 Å². The number of carbonyl (C=O) groups excluding carboxylic acids is 1. The van der Waals surface area contributed by atoms with Gasteiger partial charge in [-0.2, -0.15) is 15.0 Å². The van der Waals surface area contributed by atoms with Crippen molar-refractivity contribution in [2.75, 3.05) is 24.7 Å². The molecule has 2 aromatic heterocycles. The Balaban J connectivity index is 1.83. The minimum absolute atomic E-state index is 0.109. The zero-order valence-corrected chi connectivity index (χ0v) is 15.9. The van der Waals surface area contributed by atoms with Gasteiger partial charge < -0.3 is 20.9 Å². The third kappa shape index (κ3) is 4.21. The lowest BCUT2D eigenvalue weighted by molar-refractivity contribution is -0.118. The maximum Gasteiger partial charge on any atom is 0.229 e. The van der Waals surface area contributed by atoms with Crippen LogP contribution in [0.3, 0.4) is 0 Å². The third-order valence-corrected chi connectivity index (χ3v) is 5.05. The summed E-state index contributed by atoms with van der Waals surface area (Å²) in [5.74, 6) is 2.26. The third-order valence-electron chi connectivity index (χ3n) is 3.97. The highest BCUT2D eigenvalue weighted by atomic mass is 32.2. The second-order valence-corrected chi connectivity index (χ2v) is 7.80. The molecule has 2 aromatic rings. The Morgan fingerprint density at radius 3 is 2.65 bits per heavy atom. The Morgan fingerprint density at radius 1 is 1.31 bits per heavy atom. The number of nitrogens with two attached hydrogens (primary N) is 2. The van der Waals surface area contributed by atoms with Gasteiger partial charge >= 0.3 is 0 Å². The van der Waals surface area contributed by atoms with E-state index in [4.69, 9.17) is 11.5 Å². The van der Waals surface area contributed by atoms with Crippen molar-refractivity contribution >= 4 is 29.6 Å². The average Bonchev–Trinajstić information content (AvgIpc) is 3.34. The van der Waals surface area contributed by atoms with Crippen LogP contribution in [0, 0.1) is 0 Å². The van der Waals surface area contributed by atoms with Crippen LogP contribution in [0.1, 0.15) is 49.0 Å². The zero-order chi connectivity index (χ0) is 18.8. The number of carbonyl (C=O) groups is 1. The smallest absolute Gasteiger partial charge is 0.229 e. The summed E-state index contributed by atoms with van der Waals surface area (Å²) in [6.07, 6.45) is 2.46. The molecule has 1 aliphatic rings. The summed E-state index contributed by atoms with van der Waals surface area (Å²) in [4.78, 5) is 25.8. The molecule has 140 valence electrons. The normalized spacial score (nSPS) is 15.0. The molecule has 0 saturated heterocycles. The topological polar surface area (TPSA) is 142 Å². The van der Waals surface area contributed by atoms with Gasteiger partial charge in [-0.15, -0.1) is 10.2 Å².